The van der Waals surface area contributed by atoms with Crippen LogP contribution in [0.2, 0.25) is 0 Å². The molecule has 164 valence electrons. The third kappa shape index (κ3) is 4.80. The lowest BCUT2D eigenvalue weighted by molar-refractivity contribution is -0.0586. The minimum Gasteiger partial charge on any atom is -0.372 e. The summed E-state index contributed by atoms with van der Waals surface area (Å²) >= 11 is 0. The van der Waals surface area contributed by atoms with Gasteiger partial charge >= 0.3 is 0 Å². The fourth-order valence-electron chi connectivity index (χ4n) is 5.38. The molecule has 1 aliphatic carbocycles. The number of fused-ring (bicyclic) bond motifs is 1. The molecule has 6 heteroatoms. The summed E-state index contributed by atoms with van der Waals surface area (Å²) in [6.07, 6.45) is 5.68. The number of hydrogen-bond donors (Lipinski definition) is 1. The number of carbonyl (C=O) groups excluding carboxylic acids is 1. The molecule has 6 nitrogen and oxygen atoms in total. The maximum Gasteiger partial charge on any atom is 0.254 e. The number of aliphatic imine (C=N–C) groups is 1. The fourth-order valence-corrected chi connectivity index (χ4v) is 5.38. The highest BCUT2D eigenvalue weighted by atomic mass is 16.5. The molecule has 1 aromatic rings. The molecule has 1 aromatic carbocycles. The van der Waals surface area contributed by atoms with Crippen molar-refractivity contribution >= 4 is 11.9 Å². The Balaban J connectivity index is 1.31. The number of hydrogen-bond acceptors (Lipinski definition) is 3. The van der Waals surface area contributed by atoms with E-state index in [1.54, 1.807) is 0 Å². The van der Waals surface area contributed by atoms with E-state index in [4.69, 9.17) is 4.74 Å². The van der Waals surface area contributed by atoms with Gasteiger partial charge in [-0.15, -0.1) is 0 Å². The van der Waals surface area contributed by atoms with Crippen molar-refractivity contribution in [3.8, 4) is 0 Å². The summed E-state index contributed by atoms with van der Waals surface area (Å²) in [5.41, 5.74) is 1.90. The molecule has 2 saturated heterocycles. The zero-order valence-electron chi connectivity index (χ0n) is 18.6. The number of benzene rings is 1. The van der Waals surface area contributed by atoms with Crippen molar-refractivity contribution in [3.63, 3.8) is 0 Å². The lowest BCUT2D eigenvalue weighted by Gasteiger charge is -2.35. The maximum absolute atomic E-state index is 12.8. The number of carbonyl (C=O) groups is 1. The molecular formula is C24H36N4O2. The quantitative estimate of drug-likeness (QED) is 0.612. The molecule has 30 heavy (non-hydrogen) atoms. The Morgan fingerprint density at radius 2 is 1.60 bits per heavy atom. The number of ether oxygens (including phenoxy) is 1. The average molecular weight is 413 g/mol. The minimum absolute atomic E-state index is 0.0855. The predicted molar refractivity (Wildman–Crippen MR) is 120 cm³/mol. The van der Waals surface area contributed by atoms with Gasteiger partial charge in [0.15, 0.2) is 5.96 Å². The first-order chi connectivity index (χ1) is 14.5. The van der Waals surface area contributed by atoms with E-state index in [0.29, 0.717) is 13.1 Å². The molecule has 4 atom stereocenters. The lowest BCUT2D eigenvalue weighted by Crippen LogP contribution is -2.48. The van der Waals surface area contributed by atoms with E-state index in [9.17, 15) is 4.79 Å². The minimum atomic E-state index is 0.0855. The van der Waals surface area contributed by atoms with Gasteiger partial charge in [0.05, 0.1) is 12.2 Å². The zero-order valence-corrected chi connectivity index (χ0v) is 18.6. The molecule has 0 spiro atoms. The summed E-state index contributed by atoms with van der Waals surface area (Å²) in [4.78, 5) is 21.7. The van der Waals surface area contributed by atoms with Crippen LogP contribution in [0, 0.1) is 11.8 Å². The van der Waals surface area contributed by atoms with Crippen molar-refractivity contribution < 1.29 is 9.53 Å². The molecule has 2 aliphatic heterocycles. The fraction of sp³-hybridized carbons (Fsp3) is 0.667. The molecular weight excluding hydrogens is 376 g/mol. The summed E-state index contributed by atoms with van der Waals surface area (Å²) in [6.45, 7) is 8.34. The highest BCUT2D eigenvalue weighted by Crippen LogP contribution is 2.35. The Labute approximate surface area is 180 Å². The van der Waals surface area contributed by atoms with Gasteiger partial charge in [-0.3, -0.25) is 9.79 Å². The average Bonchev–Trinajstić information content (AvgIpc) is 3.17. The van der Waals surface area contributed by atoms with Crippen molar-refractivity contribution in [2.75, 3.05) is 33.2 Å². The number of morpholine rings is 1. The van der Waals surface area contributed by atoms with Crippen molar-refractivity contribution in [2.24, 2.45) is 16.8 Å². The molecule has 1 N–H and O–H groups in total. The normalized spacial score (nSPS) is 29.6. The van der Waals surface area contributed by atoms with E-state index in [1.807, 2.05) is 50.1 Å². The standard InChI is InChI=1S/C24H36N4O2/c1-17-13-27(14-18(2)30-17)23(29)20-10-8-19(9-11-20)12-26-24(25-3)28-15-21-6-4-5-7-22(21)16-28/h8-11,17-18,21-22H,4-7,12-16H2,1-3H3,(H,25,26). The van der Waals surface area contributed by atoms with Gasteiger partial charge in [-0.1, -0.05) is 25.0 Å². The van der Waals surface area contributed by atoms with Gasteiger partial charge in [0.2, 0.25) is 0 Å². The Hall–Kier alpha value is -2.08. The second-order valence-corrected chi connectivity index (χ2v) is 9.27. The van der Waals surface area contributed by atoms with Crippen molar-refractivity contribution in [3.05, 3.63) is 35.4 Å². The number of rotatable bonds is 3. The number of nitrogens with zero attached hydrogens (tertiary/aromatic N) is 3. The first-order valence-electron chi connectivity index (χ1n) is 11.5. The molecule has 3 aliphatic rings. The zero-order chi connectivity index (χ0) is 21.1. The third-order valence-electron chi connectivity index (χ3n) is 6.85. The van der Waals surface area contributed by atoms with E-state index in [1.165, 1.54) is 25.7 Å². The van der Waals surface area contributed by atoms with E-state index < -0.39 is 0 Å². The SMILES string of the molecule is CN=C(NCc1ccc(C(=O)N2CC(C)OC(C)C2)cc1)N1CC2CCCCC2C1. The third-order valence-corrected chi connectivity index (χ3v) is 6.85. The Kier molecular flexibility index (Phi) is 6.61. The number of amides is 1. The Morgan fingerprint density at radius 1 is 1.00 bits per heavy atom. The van der Waals surface area contributed by atoms with Crippen LogP contribution in [0.5, 0.6) is 0 Å². The molecule has 1 saturated carbocycles. The summed E-state index contributed by atoms with van der Waals surface area (Å²) in [7, 11) is 1.87. The van der Waals surface area contributed by atoms with Crippen LogP contribution in [-0.4, -0.2) is 67.1 Å². The van der Waals surface area contributed by atoms with Crippen molar-refractivity contribution in [1.29, 1.82) is 0 Å². The summed E-state index contributed by atoms with van der Waals surface area (Å²) in [5.74, 6) is 2.77. The summed E-state index contributed by atoms with van der Waals surface area (Å²) in [5, 5.41) is 3.53. The molecule has 3 fully saturated rings. The second-order valence-electron chi connectivity index (χ2n) is 9.27. The first kappa shape index (κ1) is 21.2. The van der Waals surface area contributed by atoms with Gasteiger partial charge in [-0.25, -0.2) is 0 Å². The molecule has 2 heterocycles. The van der Waals surface area contributed by atoms with Crippen LogP contribution in [0.15, 0.2) is 29.3 Å². The Bertz CT molecular complexity index is 739. The van der Waals surface area contributed by atoms with Gasteiger partial charge in [0.25, 0.3) is 5.91 Å². The van der Waals surface area contributed by atoms with Crippen LogP contribution in [0.1, 0.15) is 55.5 Å². The molecule has 0 bridgehead atoms. The number of likely N-dealkylation sites (tertiary alicyclic amines) is 1. The van der Waals surface area contributed by atoms with Crippen molar-refractivity contribution in [2.45, 2.75) is 58.3 Å². The highest BCUT2D eigenvalue weighted by molar-refractivity contribution is 5.94. The van der Waals surface area contributed by atoms with Crippen LogP contribution < -0.4 is 5.32 Å². The summed E-state index contributed by atoms with van der Waals surface area (Å²) in [6, 6.07) is 7.98. The topological polar surface area (TPSA) is 57.2 Å². The van der Waals surface area contributed by atoms with Gasteiger partial charge in [-0.2, -0.15) is 0 Å². The molecule has 0 aromatic heterocycles. The van der Waals surface area contributed by atoms with Crippen molar-refractivity contribution in [1.82, 2.24) is 15.1 Å². The molecule has 1 amide bonds. The predicted octanol–water partition coefficient (Wildman–Crippen LogP) is 3.13. The molecule has 0 radical (unpaired) electrons. The highest BCUT2D eigenvalue weighted by Gasteiger charge is 2.35. The first-order valence-corrected chi connectivity index (χ1v) is 11.5. The summed E-state index contributed by atoms with van der Waals surface area (Å²) < 4.78 is 5.74. The largest absolute Gasteiger partial charge is 0.372 e. The lowest BCUT2D eigenvalue weighted by atomic mass is 9.82. The Morgan fingerprint density at radius 3 is 2.17 bits per heavy atom. The molecule has 4 unspecified atom stereocenters. The van der Waals surface area contributed by atoms with Crippen LogP contribution in [0.4, 0.5) is 0 Å². The number of guanidine groups is 1. The van der Waals surface area contributed by atoms with E-state index in [0.717, 1.165) is 48.6 Å². The van der Waals surface area contributed by atoms with Gasteiger partial charge < -0.3 is 19.9 Å². The van der Waals surface area contributed by atoms with E-state index in [2.05, 4.69) is 15.2 Å². The van der Waals surface area contributed by atoms with E-state index in [-0.39, 0.29) is 18.1 Å². The smallest absolute Gasteiger partial charge is 0.254 e. The van der Waals surface area contributed by atoms with Crippen LogP contribution in [-0.2, 0) is 11.3 Å². The monoisotopic (exact) mass is 412 g/mol. The van der Waals surface area contributed by atoms with Gasteiger partial charge in [-0.05, 0) is 56.2 Å². The van der Waals surface area contributed by atoms with Gasteiger partial charge in [0.1, 0.15) is 0 Å². The van der Waals surface area contributed by atoms with Crippen LogP contribution in [0.3, 0.4) is 0 Å². The van der Waals surface area contributed by atoms with E-state index >= 15 is 0 Å². The maximum atomic E-state index is 12.8. The van der Waals surface area contributed by atoms with Gasteiger partial charge in [0, 0.05) is 45.3 Å². The second kappa shape index (κ2) is 9.38. The van der Waals surface area contributed by atoms with Crippen LogP contribution in [0.25, 0.3) is 0 Å². The van der Waals surface area contributed by atoms with Crippen LogP contribution >= 0.6 is 0 Å². The number of nitrogens with one attached hydrogen (secondary N) is 1. The molecule has 4 rings (SSSR count).